The number of anilines is 1. The molecular formula is C15H15ClN4O3. The number of aliphatic carboxylic acids is 1. The summed E-state index contributed by atoms with van der Waals surface area (Å²) < 4.78 is 1.50. The molecule has 120 valence electrons. The van der Waals surface area contributed by atoms with E-state index in [1.54, 1.807) is 32.0 Å². The van der Waals surface area contributed by atoms with E-state index in [1.165, 1.54) is 17.3 Å². The maximum absolute atomic E-state index is 12.5. The lowest BCUT2D eigenvalue weighted by atomic mass is 10.1. The molecule has 2 N–H and O–H groups in total. The average molecular weight is 335 g/mol. The molecule has 0 radical (unpaired) electrons. The molecule has 2 atom stereocenters. The van der Waals surface area contributed by atoms with Crippen molar-refractivity contribution in [2.24, 2.45) is 17.3 Å². The highest BCUT2D eigenvalue weighted by atomic mass is 35.5. The third-order valence-corrected chi connectivity index (χ3v) is 4.49. The summed E-state index contributed by atoms with van der Waals surface area (Å²) in [7, 11) is 0. The molecule has 2 aromatic rings. The first-order valence-electron chi connectivity index (χ1n) is 7.00. The van der Waals surface area contributed by atoms with Crippen LogP contribution >= 0.6 is 11.6 Å². The van der Waals surface area contributed by atoms with Crippen molar-refractivity contribution in [3.8, 4) is 5.69 Å². The molecule has 0 aliphatic heterocycles. The van der Waals surface area contributed by atoms with Gasteiger partial charge in [-0.3, -0.25) is 9.59 Å². The van der Waals surface area contributed by atoms with Gasteiger partial charge in [-0.15, -0.1) is 0 Å². The van der Waals surface area contributed by atoms with E-state index in [1.807, 2.05) is 0 Å². The fourth-order valence-corrected chi connectivity index (χ4v) is 3.11. The Balaban J connectivity index is 1.88. The van der Waals surface area contributed by atoms with Crippen LogP contribution in [0.15, 0.2) is 30.9 Å². The van der Waals surface area contributed by atoms with Crippen LogP contribution in [-0.4, -0.2) is 31.7 Å². The van der Waals surface area contributed by atoms with E-state index < -0.39 is 23.2 Å². The standard InChI is InChI=1S/C15H15ClN4O3/c1-15(2)11(12(15)14(22)23)13(21)19-9-5-8(16)3-4-10(9)20-7-17-6-18-20/h3-7,11-12H,1-2H3,(H,19,21)(H,22,23)/t11-,12+/m1/s1. The van der Waals surface area contributed by atoms with Crippen LogP contribution in [0.2, 0.25) is 5.02 Å². The quantitative estimate of drug-likeness (QED) is 0.893. The van der Waals surface area contributed by atoms with Crippen LogP contribution in [0.3, 0.4) is 0 Å². The molecular weight excluding hydrogens is 320 g/mol. The second kappa shape index (κ2) is 5.34. The fraction of sp³-hybridized carbons (Fsp3) is 0.333. The largest absolute Gasteiger partial charge is 0.481 e. The summed E-state index contributed by atoms with van der Waals surface area (Å²) in [6.45, 7) is 3.54. The Bertz CT molecular complexity index is 773. The lowest BCUT2D eigenvalue weighted by molar-refractivity contribution is -0.140. The number of hydrogen-bond donors (Lipinski definition) is 2. The van der Waals surface area contributed by atoms with E-state index in [9.17, 15) is 14.7 Å². The Morgan fingerprint density at radius 3 is 2.65 bits per heavy atom. The predicted octanol–water partition coefficient (Wildman–Crippen LogP) is 2.22. The number of rotatable bonds is 4. The molecule has 1 fully saturated rings. The number of hydrogen-bond acceptors (Lipinski definition) is 4. The molecule has 23 heavy (non-hydrogen) atoms. The first kappa shape index (κ1) is 15.5. The topological polar surface area (TPSA) is 97.1 Å². The summed E-state index contributed by atoms with van der Waals surface area (Å²) in [4.78, 5) is 27.6. The highest BCUT2D eigenvalue weighted by molar-refractivity contribution is 6.31. The van der Waals surface area contributed by atoms with Gasteiger partial charge >= 0.3 is 5.97 Å². The molecule has 0 saturated heterocycles. The first-order chi connectivity index (χ1) is 10.8. The summed E-state index contributed by atoms with van der Waals surface area (Å²) in [5.41, 5.74) is 0.493. The number of carboxylic acid groups (broad SMARTS) is 1. The van der Waals surface area contributed by atoms with E-state index in [0.717, 1.165) is 0 Å². The molecule has 1 amide bonds. The third-order valence-electron chi connectivity index (χ3n) is 4.26. The summed E-state index contributed by atoms with van der Waals surface area (Å²) >= 11 is 6.00. The number of halogens is 1. The van der Waals surface area contributed by atoms with E-state index in [0.29, 0.717) is 16.4 Å². The van der Waals surface area contributed by atoms with E-state index in [4.69, 9.17) is 11.6 Å². The molecule has 1 aliphatic rings. The van der Waals surface area contributed by atoms with Gasteiger partial charge in [0, 0.05) is 5.02 Å². The van der Waals surface area contributed by atoms with Gasteiger partial charge in [-0.25, -0.2) is 9.67 Å². The van der Waals surface area contributed by atoms with Crippen LogP contribution in [0.1, 0.15) is 13.8 Å². The molecule has 0 bridgehead atoms. The van der Waals surface area contributed by atoms with Gasteiger partial charge in [0.05, 0.1) is 23.2 Å². The molecule has 1 heterocycles. The highest BCUT2D eigenvalue weighted by Crippen LogP contribution is 2.58. The molecule has 1 aromatic carbocycles. The van der Waals surface area contributed by atoms with Crippen molar-refractivity contribution in [2.75, 3.05) is 5.32 Å². The zero-order valence-corrected chi connectivity index (χ0v) is 13.3. The van der Waals surface area contributed by atoms with Crippen molar-refractivity contribution in [3.05, 3.63) is 35.9 Å². The molecule has 0 unspecified atom stereocenters. The number of carboxylic acids is 1. The lowest BCUT2D eigenvalue weighted by Crippen LogP contribution is -2.19. The van der Waals surface area contributed by atoms with Gasteiger partial charge in [-0.2, -0.15) is 5.10 Å². The van der Waals surface area contributed by atoms with Crippen molar-refractivity contribution in [1.29, 1.82) is 0 Å². The van der Waals surface area contributed by atoms with Crippen LogP contribution in [0.4, 0.5) is 5.69 Å². The van der Waals surface area contributed by atoms with Gasteiger partial charge in [-0.05, 0) is 23.6 Å². The van der Waals surface area contributed by atoms with Crippen molar-refractivity contribution >= 4 is 29.2 Å². The maximum atomic E-state index is 12.5. The minimum absolute atomic E-state index is 0.342. The fourth-order valence-electron chi connectivity index (χ4n) is 2.94. The van der Waals surface area contributed by atoms with Crippen molar-refractivity contribution in [2.45, 2.75) is 13.8 Å². The lowest BCUT2D eigenvalue weighted by Gasteiger charge is -2.12. The number of nitrogens with zero attached hydrogens (tertiary/aromatic N) is 3. The number of benzene rings is 1. The summed E-state index contributed by atoms with van der Waals surface area (Å²) in [5, 5.41) is 16.5. The van der Waals surface area contributed by atoms with Crippen molar-refractivity contribution in [1.82, 2.24) is 14.8 Å². The Morgan fingerprint density at radius 1 is 1.35 bits per heavy atom. The molecule has 1 aliphatic carbocycles. The number of aromatic nitrogens is 3. The monoisotopic (exact) mass is 334 g/mol. The van der Waals surface area contributed by atoms with Crippen LogP contribution in [0.5, 0.6) is 0 Å². The van der Waals surface area contributed by atoms with Crippen LogP contribution in [0, 0.1) is 17.3 Å². The third kappa shape index (κ3) is 2.68. The molecule has 1 aromatic heterocycles. The summed E-state index contributed by atoms with van der Waals surface area (Å²) in [6.07, 6.45) is 2.88. The molecule has 7 nitrogen and oxygen atoms in total. The van der Waals surface area contributed by atoms with Crippen LogP contribution < -0.4 is 5.32 Å². The Kier molecular flexibility index (Phi) is 3.60. The Labute approximate surface area is 137 Å². The first-order valence-corrected chi connectivity index (χ1v) is 7.38. The van der Waals surface area contributed by atoms with E-state index in [2.05, 4.69) is 15.4 Å². The smallest absolute Gasteiger partial charge is 0.307 e. The SMILES string of the molecule is CC1(C)[C@H](C(=O)O)[C@@H]1C(=O)Nc1cc(Cl)ccc1-n1cncn1. The minimum Gasteiger partial charge on any atom is -0.481 e. The summed E-state index contributed by atoms with van der Waals surface area (Å²) in [6, 6.07) is 4.98. The molecule has 3 rings (SSSR count). The van der Waals surface area contributed by atoms with Gasteiger partial charge in [0.15, 0.2) is 0 Å². The highest BCUT2D eigenvalue weighted by Gasteiger charge is 2.65. The number of amides is 1. The number of carbonyl (C=O) groups is 2. The van der Waals surface area contributed by atoms with E-state index in [-0.39, 0.29) is 5.91 Å². The second-order valence-electron chi connectivity index (χ2n) is 6.11. The molecule has 8 heteroatoms. The van der Waals surface area contributed by atoms with Crippen molar-refractivity contribution < 1.29 is 14.7 Å². The Morgan fingerprint density at radius 2 is 2.09 bits per heavy atom. The van der Waals surface area contributed by atoms with Gasteiger partial charge in [0.1, 0.15) is 12.7 Å². The Hall–Kier alpha value is -2.41. The zero-order valence-electron chi connectivity index (χ0n) is 12.5. The zero-order chi connectivity index (χ0) is 16.8. The predicted molar refractivity (Wildman–Crippen MR) is 83.4 cm³/mol. The van der Waals surface area contributed by atoms with Gasteiger partial charge in [-0.1, -0.05) is 25.4 Å². The van der Waals surface area contributed by atoms with Crippen molar-refractivity contribution in [3.63, 3.8) is 0 Å². The van der Waals surface area contributed by atoms with Gasteiger partial charge < -0.3 is 10.4 Å². The maximum Gasteiger partial charge on any atom is 0.307 e. The number of nitrogens with one attached hydrogen (secondary N) is 1. The molecule has 0 spiro atoms. The average Bonchev–Trinajstić information content (AvgIpc) is 2.84. The van der Waals surface area contributed by atoms with Gasteiger partial charge in [0.2, 0.25) is 5.91 Å². The second-order valence-corrected chi connectivity index (χ2v) is 6.54. The number of carbonyl (C=O) groups excluding carboxylic acids is 1. The van der Waals surface area contributed by atoms with Crippen LogP contribution in [0.25, 0.3) is 5.69 Å². The van der Waals surface area contributed by atoms with Gasteiger partial charge in [0.25, 0.3) is 0 Å². The normalized spacial score (nSPS) is 21.7. The van der Waals surface area contributed by atoms with Crippen LogP contribution in [-0.2, 0) is 9.59 Å². The minimum atomic E-state index is -0.960. The molecule has 1 saturated carbocycles. The summed E-state index contributed by atoms with van der Waals surface area (Å²) in [5.74, 6) is -2.57. The van der Waals surface area contributed by atoms with E-state index >= 15 is 0 Å².